The van der Waals surface area contributed by atoms with E-state index in [1.54, 1.807) is 6.07 Å². The van der Waals surface area contributed by atoms with Gasteiger partial charge in [-0.05, 0) is 18.2 Å². The van der Waals surface area contributed by atoms with Crippen LogP contribution in [0.25, 0.3) is 0 Å². The first kappa shape index (κ1) is 12.3. The van der Waals surface area contributed by atoms with E-state index in [2.05, 4.69) is 5.32 Å². The van der Waals surface area contributed by atoms with Gasteiger partial charge in [0.25, 0.3) is 5.91 Å². The molecule has 0 radical (unpaired) electrons. The van der Waals surface area contributed by atoms with Crippen molar-refractivity contribution in [2.24, 2.45) is 0 Å². The third-order valence-corrected chi connectivity index (χ3v) is 2.04. The third kappa shape index (κ3) is 3.13. The SMILES string of the molecule is COc1ccc(Cl)cc1C(=O)NCC(=O)O. The minimum Gasteiger partial charge on any atom is -0.496 e. The second-order valence-corrected chi connectivity index (χ2v) is 3.36. The van der Waals surface area contributed by atoms with Crippen LogP contribution in [0.2, 0.25) is 5.02 Å². The van der Waals surface area contributed by atoms with E-state index < -0.39 is 18.4 Å². The van der Waals surface area contributed by atoms with E-state index in [4.69, 9.17) is 21.4 Å². The Labute approximate surface area is 97.0 Å². The lowest BCUT2D eigenvalue weighted by Gasteiger charge is -2.08. The van der Waals surface area contributed by atoms with Crippen molar-refractivity contribution in [3.8, 4) is 5.75 Å². The monoisotopic (exact) mass is 243 g/mol. The number of halogens is 1. The minimum absolute atomic E-state index is 0.205. The lowest BCUT2D eigenvalue weighted by atomic mass is 10.2. The fourth-order valence-corrected chi connectivity index (χ4v) is 1.28. The molecule has 1 rings (SSSR count). The van der Waals surface area contributed by atoms with Gasteiger partial charge in [0.1, 0.15) is 12.3 Å². The molecule has 0 aromatic heterocycles. The summed E-state index contributed by atoms with van der Waals surface area (Å²) in [6.45, 7) is -0.450. The number of amides is 1. The van der Waals surface area contributed by atoms with Gasteiger partial charge in [0.05, 0.1) is 12.7 Å². The predicted octanol–water partition coefficient (Wildman–Crippen LogP) is 1.16. The maximum absolute atomic E-state index is 11.6. The molecule has 0 unspecified atom stereocenters. The largest absolute Gasteiger partial charge is 0.496 e. The average Bonchev–Trinajstić information content (AvgIpc) is 2.25. The standard InChI is InChI=1S/C10H10ClNO4/c1-16-8-3-2-6(11)4-7(8)10(15)12-5-9(13)14/h2-4H,5H2,1H3,(H,12,15)(H,13,14). The number of nitrogens with one attached hydrogen (secondary N) is 1. The number of hydrogen-bond donors (Lipinski definition) is 2. The number of hydrogen-bond acceptors (Lipinski definition) is 3. The summed E-state index contributed by atoms with van der Waals surface area (Å²) in [7, 11) is 1.41. The molecule has 86 valence electrons. The minimum atomic E-state index is -1.12. The molecule has 2 N–H and O–H groups in total. The number of benzene rings is 1. The summed E-state index contributed by atoms with van der Waals surface area (Å²) < 4.78 is 4.96. The van der Waals surface area contributed by atoms with Crippen LogP contribution >= 0.6 is 11.6 Å². The van der Waals surface area contributed by atoms with E-state index >= 15 is 0 Å². The van der Waals surface area contributed by atoms with Crippen LogP contribution in [0.5, 0.6) is 5.75 Å². The van der Waals surface area contributed by atoms with Crippen LogP contribution in [0.3, 0.4) is 0 Å². The molecule has 0 saturated heterocycles. The van der Waals surface area contributed by atoms with Crippen LogP contribution in [-0.4, -0.2) is 30.6 Å². The van der Waals surface area contributed by atoms with Gasteiger partial charge in [-0.3, -0.25) is 9.59 Å². The Morgan fingerprint density at radius 2 is 2.19 bits per heavy atom. The second-order valence-electron chi connectivity index (χ2n) is 2.92. The van der Waals surface area contributed by atoms with Crippen LogP contribution in [0.15, 0.2) is 18.2 Å². The number of carbonyl (C=O) groups is 2. The van der Waals surface area contributed by atoms with E-state index in [0.29, 0.717) is 10.8 Å². The van der Waals surface area contributed by atoms with Crippen LogP contribution in [-0.2, 0) is 4.79 Å². The molecule has 1 aromatic carbocycles. The molecule has 6 heteroatoms. The number of methoxy groups -OCH3 is 1. The summed E-state index contributed by atoms with van der Waals surface area (Å²) in [6, 6.07) is 4.53. The van der Waals surface area contributed by atoms with Gasteiger partial charge in [-0.25, -0.2) is 0 Å². The molecule has 0 saturated carbocycles. The maximum Gasteiger partial charge on any atom is 0.322 e. The molecule has 16 heavy (non-hydrogen) atoms. The lowest BCUT2D eigenvalue weighted by molar-refractivity contribution is -0.135. The van der Waals surface area contributed by atoms with E-state index in [1.807, 2.05) is 0 Å². The number of carbonyl (C=O) groups excluding carboxylic acids is 1. The van der Waals surface area contributed by atoms with Gasteiger partial charge in [0.2, 0.25) is 0 Å². The molecule has 0 atom stereocenters. The zero-order valence-corrected chi connectivity index (χ0v) is 9.25. The second kappa shape index (κ2) is 5.37. The highest BCUT2D eigenvalue weighted by atomic mass is 35.5. The fourth-order valence-electron chi connectivity index (χ4n) is 1.11. The Morgan fingerprint density at radius 1 is 1.50 bits per heavy atom. The van der Waals surface area contributed by atoms with Gasteiger partial charge < -0.3 is 15.2 Å². The van der Waals surface area contributed by atoms with Gasteiger partial charge >= 0.3 is 5.97 Å². The highest BCUT2D eigenvalue weighted by molar-refractivity contribution is 6.31. The molecule has 0 spiro atoms. The number of aliphatic carboxylic acids is 1. The molecule has 1 aromatic rings. The molecule has 0 fully saturated rings. The van der Waals surface area contributed by atoms with Crippen molar-refractivity contribution >= 4 is 23.5 Å². The maximum atomic E-state index is 11.6. The molecule has 0 heterocycles. The summed E-state index contributed by atoms with van der Waals surface area (Å²) in [5.41, 5.74) is 0.205. The highest BCUT2D eigenvalue weighted by Gasteiger charge is 2.13. The summed E-state index contributed by atoms with van der Waals surface area (Å²) in [5.74, 6) is -1.32. The summed E-state index contributed by atoms with van der Waals surface area (Å²) in [4.78, 5) is 21.9. The average molecular weight is 244 g/mol. The lowest BCUT2D eigenvalue weighted by Crippen LogP contribution is -2.29. The van der Waals surface area contributed by atoms with Gasteiger partial charge in [0, 0.05) is 5.02 Å². The van der Waals surface area contributed by atoms with Crippen LogP contribution < -0.4 is 10.1 Å². The first-order valence-corrected chi connectivity index (χ1v) is 4.76. The fraction of sp³-hybridized carbons (Fsp3) is 0.200. The van der Waals surface area contributed by atoms with Crippen molar-refractivity contribution < 1.29 is 19.4 Å². The van der Waals surface area contributed by atoms with Gasteiger partial charge in [-0.1, -0.05) is 11.6 Å². The van der Waals surface area contributed by atoms with Gasteiger partial charge in [-0.2, -0.15) is 0 Å². The Bertz CT molecular complexity index is 419. The molecule has 0 bridgehead atoms. The summed E-state index contributed by atoms with van der Waals surface area (Å²) >= 11 is 5.73. The number of carboxylic acid groups (broad SMARTS) is 1. The highest BCUT2D eigenvalue weighted by Crippen LogP contribution is 2.22. The summed E-state index contributed by atoms with van der Waals surface area (Å²) in [6.07, 6.45) is 0. The van der Waals surface area contributed by atoms with Crippen molar-refractivity contribution in [2.45, 2.75) is 0 Å². The van der Waals surface area contributed by atoms with Crippen molar-refractivity contribution in [1.29, 1.82) is 0 Å². The first-order chi connectivity index (χ1) is 7.54. The number of rotatable bonds is 4. The smallest absolute Gasteiger partial charge is 0.322 e. The molecular weight excluding hydrogens is 234 g/mol. The van der Waals surface area contributed by atoms with Crippen molar-refractivity contribution in [3.63, 3.8) is 0 Å². The van der Waals surface area contributed by atoms with Gasteiger partial charge in [-0.15, -0.1) is 0 Å². The Hall–Kier alpha value is -1.75. The normalized spacial score (nSPS) is 9.62. The Kier molecular flexibility index (Phi) is 4.13. The van der Waals surface area contributed by atoms with E-state index in [1.165, 1.54) is 19.2 Å². The first-order valence-electron chi connectivity index (χ1n) is 4.38. The quantitative estimate of drug-likeness (QED) is 0.832. The molecule has 0 aliphatic heterocycles. The van der Waals surface area contributed by atoms with Crippen molar-refractivity contribution in [2.75, 3.05) is 13.7 Å². The number of ether oxygens (including phenoxy) is 1. The Morgan fingerprint density at radius 3 is 2.75 bits per heavy atom. The zero-order valence-electron chi connectivity index (χ0n) is 8.49. The van der Waals surface area contributed by atoms with E-state index in [9.17, 15) is 9.59 Å². The van der Waals surface area contributed by atoms with Gasteiger partial charge in [0.15, 0.2) is 0 Å². The van der Waals surface area contributed by atoms with Crippen LogP contribution in [0, 0.1) is 0 Å². The topological polar surface area (TPSA) is 75.6 Å². The molecule has 0 aliphatic rings. The predicted molar refractivity (Wildman–Crippen MR) is 58.0 cm³/mol. The van der Waals surface area contributed by atoms with E-state index in [-0.39, 0.29) is 5.56 Å². The van der Waals surface area contributed by atoms with E-state index in [0.717, 1.165) is 0 Å². The van der Waals surface area contributed by atoms with Crippen molar-refractivity contribution in [3.05, 3.63) is 28.8 Å². The third-order valence-electron chi connectivity index (χ3n) is 1.81. The molecule has 5 nitrogen and oxygen atoms in total. The van der Waals surface area contributed by atoms with Crippen LogP contribution in [0.1, 0.15) is 10.4 Å². The molecular formula is C10H10ClNO4. The van der Waals surface area contributed by atoms with Crippen molar-refractivity contribution in [1.82, 2.24) is 5.32 Å². The molecule has 1 amide bonds. The molecule has 0 aliphatic carbocycles. The number of carboxylic acids is 1. The zero-order chi connectivity index (χ0) is 12.1. The van der Waals surface area contributed by atoms with Crippen LogP contribution in [0.4, 0.5) is 0 Å². The summed E-state index contributed by atoms with van der Waals surface area (Å²) in [5, 5.41) is 11.0. The Balaban J connectivity index is 2.88.